The van der Waals surface area contributed by atoms with Crippen LogP contribution in [0, 0.1) is 17.3 Å². The average molecular weight is 615 g/mol. The summed E-state index contributed by atoms with van der Waals surface area (Å²) < 4.78 is 6.19. The molecule has 1 aliphatic carbocycles. The molecule has 0 bridgehead atoms. The van der Waals surface area contributed by atoms with Crippen LogP contribution in [0.15, 0.2) is 24.3 Å². The zero-order chi connectivity index (χ0) is 31.9. The number of likely N-dealkylation sites (tertiary alicyclic amines) is 2. The topological polar surface area (TPSA) is 140 Å². The molecule has 3 N–H and O–H groups in total. The van der Waals surface area contributed by atoms with E-state index < -0.39 is 17.4 Å². The maximum absolute atomic E-state index is 13.7. The first kappa shape index (κ1) is 33.7. The minimum absolute atomic E-state index is 0.0260. The summed E-state index contributed by atoms with van der Waals surface area (Å²) in [5, 5.41) is 22.9. The summed E-state index contributed by atoms with van der Waals surface area (Å²) in [6, 6.07) is 6.22. The molecule has 3 fully saturated rings. The lowest BCUT2D eigenvalue weighted by Crippen LogP contribution is -2.58. The first-order valence-electron chi connectivity index (χ1n) is 16.2. The number of amides is 4. The highest BCUT2D eigenvalue weighted by Crippen LogP contribution is 2.31. The van der Waals surface area contributed by atoms with Crippen LogP contribution in [-0.4, -0.2) is 100 Å². The molecule has 2 aliphatic heterocycles. The van der Waals surface area contributed by atoms with Gasteiger partial charge in [-0.1, -0.05) is 46.5 Å². The number of benzene rings is 1. The van der Waals surface area contributed by atoms with E-state index in [0.717, 1.165) is 38.5 Å². The summed E-state index contributed by atoms with van der Waals surface area (Å²) in [6.45, 7) is 7.26. The van der Waals surface area contributed by atoms with Crippen molar-refractivity contribution < 1.29 is 34.2 Å². The smallest absolute Gasteiger partial charge is 0.254 e. The van der Waals surface area contributed by atoms with Crippen LogP contribution in [0.4, 0.5) is 0 Å². The number of piperidine rings is 1. The minimum Gasteiger partial charge on any atom is -0.490 e. The van der Waals surface area contributed by atoms with Crippen LogP contribution < -0.4 is 10.1 Å². The zero-order valence-corrected chi connectivity index (χ0v) is 26.5. The fourth-order valence-electron chi connectivity index (χ4n) is 6.79. The molecule has 4 rings (SSSR count). The quantitative estimate of drug-likeness (QED) is 0.187. The Labute approximate surface area is 260 Å². The van der Waals surface area contributed by atoms with Crippen molar-refractivity contribution >= 4 is 24.1 Å². The zero-order valence-electron chi connectivity index (χ0n) is 26.5. The van der Waals surface area contributed by atoms with E-state index in [1.165, 1.54) is 0 Å². The summed E-state index contributed by atoms with van der Waals surface area (Å²) in [6.07, 6.45) is 8.06. The Kier molecular flexibility index (Phi) is 11.6. The van der Waals surface area contributed by atoms with Gasteiger partial charge in [0.2, 0.25) is 18.2 Å². The van der Waals surface area contributed by atoms with E-state index in [-0.39, 0.29) is 43.0 Å². The lowest BCUT2D eigenvalue weighted by Gasteiger charge is -2.39. The molecular weight excluding hydrogens is 564 g/mol. The Morgan fingerprint density at radius 1 is 1.02 bits per heavy atom. The van der Waals surface area contributed by atoms with Crippen LogP contribution >= 0.6 is 0 Å². The third-order valence-electron chi connectivity index (χ3n) is 9.40. The highest BCUT2D eigenvalue weighted by atomic mass is 16.5. The van der Waals surface area contributed by atoms with Crippen molar-refractivity contribution in [3.8, 4) is 5.75 Å². The van der Waals surface area contributed by atoms with Crippen molar-refractivity contribution in [2.45, 2.75) is 96.7 Å². The number of nitrogens with zero attached hydrogens (tertiary/aromatic N) is 3. The SMILES string of the molecule is CC(C)(C)C(NC(=O)C(CC1CCCC1)CN(O)C=O)C(=O)N1CCC(Oc2ccc(C(=O)N3CCCC3CO)cc2)CC1. The van der Waals surface area contributed by atoms with E-state index in [4.69, 9.17) is 4.74 Å². The lowest BCUT2D eigenvalue weighted by atomic mass is 9.84. The minimum atomic E-state index is -0.756. The second kappa shape index (κ2) is 15.2. The molecule has 0 aromatic heterocycles. The number of hydroxylamine groups is 2. The molecule has 44 heavy (non-hydrogen) atoms. The summed E-state index contributed by atoms with van der Waals surface area (Å²) in [5.41, 5.74) is 0.0178. The second-order valence-electron chi connectivity index (χ2n) is 13.8. The van der Waals surface area contributed by atoms with E-state index in [1.54, 1.807) is 34.1 Å². The highest BCUT2D eigenvalue weighted by Gasteiger charge is 2.39. The fourth-order valence-corrected chi connectivity index (χ4v) is 6.79. The molecule has 0 radical (unpaired) electrons. The number of hydrogen-bond donors (Lipinski definition) is 3. The monoisotopic (exact) mass is 614 g/mol. The lowest BCUT2D eigenvalue weighted by molar-refractivity contribution is -0.156. The molecule has 1 saturated carbocycles. The van der Waals surface area contributed by atoms with Crippen LogP contribution in [0.3, 0.4) is 0 Å². The maximum atomic E-state index is 13.7. The number of aliphatic hydroxyl groups excluding tert-OH is 1. The van der Waals surface area contributed by atoms with Crippen molar-refractivity contribution in [3.63, 3.8) is 0 Å². The number of ether oxygens (including phenoxy) is 1. The fraction of sp³-hybridized carbons (Fsp3) is 0.697. The third kappa shape index (κ3) is 8.72. The van der Waals surface area contributed by atoms with Crippen molar-refractivity contribution in [3.05, 3.63) is 29.8 Å². The highest BCUT2D eigenvalue weighted by molar-refractivity contribution is 5.94. The van der Waals surface area contributed by atoms with Gasteiger partial charge in [-0.05, 0) is 54.9 Å². The third-order valence-corrected chi connectivity index (χ3v) is 9.40. The van der Waals surface area contributed by atoms with Gasteiger partial charge in [0.15, 0.2) is 0 Å². The van der Waals surface area contributed by atoms with Crippen molar-refractivity contribution in [1.29, 1.82) is 0 Å². The second-order valence-corrected chi connectivity index (χ2v) is 13.8. The number of rotatable bonds is 12. The van der Waals surface area contributed by atoms with Crippen LogP contribution in [0.5, 0.6) is 5.75 Å². The van der Waals surface area contributed by atoms with E-state index in [1.807, 2.05) is 20.8 Å². The Balaban J connectivity index is 1.31. The van der Waals surface area contributed by atoms with E-state index in [9.17, 15) is 29.5 Å². The van der Waals surface area contributed by atoms with Crippen molar-refractivity contribution in [1.82, 2.24) is 20.2 Å². The molecule has 1 aromatic rings. The molecule has 11 nitrogen and oxygen atoms in total. The van der Waals surface area contributed by atoms with Crippen LogP contribution in [0.2, 0.25) is 0 Å². The first-order chi connectivity index (χ1) is 21.0. The van der Waals surface area contributed by atoms with E-state index in [2.05, 4.69) is 5.32 Å². The van der Waals surface area contributed by atoms with Crippen molar-refractivity contribution in [2.24, 2.45) is 17.3 Å². The van der Waals surface area contributed by atoms with Gasteiger partial charge in [-0.15, -0.1) is 0 Å². The van der Waals surface area contributed by atoms with Gasteiger partial charge < -0.3 is 25.0 Å². The number of carbonyl (C=O) groups is 4. The van der Waals surface area contributed by atoms with Gasteiger partial charge >= 0.3 is 0 Å². The largest absolute Gasteiger partial charge is 0.490 e. The Morgan fingerprint density at radius 3 is 2.27 bits per heavy atom. The molecule has 11 heteroatoms. The molecule has 2 heterocycles. The number of nitrogens with one attached hydrogen (secondary N) is 1. The van der Waals surface area contributed by atoms with Crippen LogP contribution in [0.1, 0.15) is 88.9 Å². The van der Waals surface area contributed by atoms with Crippen molar-refractivity contribution in [2.75, 3.05) is 32.8 Å². The predicted octanol–water partition coefficient (Wildman–Crippen LogP) is 3.23. The maximum Gasteiger partial charge on any atom is 0.254 e. The number of hydrogen-bond acceptors (Lipinski definition) is 7. The Hall–Kier alpha value is -3.18. The first-order valence-corrected chi connectivity index (χ1v) is 16.2. The molecule has 2 saturated heterocycles. The van der Waals surface area contributed by atoms with Gasteiger partial charge in [-0.2, -0.15) is 0 Å². The summed E-state index contributed by atoms with van der Waals surface area (Å²) in [4.78, 5) is 54.7. The van der Waals surface area contributed by atoms with Crippen LogP contribution in [-0.2, 0) is 14.4 Å². The Bertz CT molecular complexity index is 1120. The Morgan fingerprint density at radius 2 is 1.68 bits per heavy atom. The van der Waals surface area contributed by atoms with Crippen LogP contribution in [0.25, 0.3) is 0 Å². The standard InChI is InChI=1S/C33H50N4O7/c1-33(2,3)29(34-30(40)25(20-36(43)22-39)19-23-7-4-5-8-23)32(42)35-17-14-28(15-18-35)44-27-12-10-24(11-13-27)31(41)37-16-6-9-26(37)21-38/h10-13,22-23,25-26,28-29,38,43H,4-9,14-21H2,1-3H3,(H,34,40). The average Bonchev–Trinajstić information content (AvgIpc) is 3.71. The van der Waals surface area contributed by atoms with Gasteiger partial charge in [0, 0.05) is 38.0 Å². The molecule has 0 spiro atoms. The molecular formula is C33H50N4O7. The normalized spacial score (nSPS) is 21.2. The molecule has 1 aromatic carbocycles. The molecule has 3 aliphatic rings. The number of carbonyl (C=O) groups excluding carboxylic acids is 4. The predicted molar refractivity (Wildman–Crippen MR) is 164 cm³/mol. The molecule has 3 unspecified atom stereocenters. The summed E-state index contributed by atoms with van der Waals surface area (Å²) >= 11 is 0. The van der Waals surface area contributed by atoms with E-state index >= 15 is 0 Å². The molecule has 4 amide bonds. The molecule has 3 atom stereocenters. The van der Waals surface area contributed by atoms with Gasteiger partial charge in [0.25, 0.3) is 5.91 Å². The van der Waals surface area contributed by atoms with E-state index in [0.29, 0.717) is 67.6 Å². The summed E-state index contributed by atoms with van der Waals surface area (Å²) in [5.74, 6) is -0.114. The van der Waals surface area contributed by atoms with Gasteiger partial charge in [-0.25, -0.2) is 5.06 Å². The van der Waals surface area contributed by atoms with Gasteiger partial charge in [0.1, 0.15) is 17.9 Å². The molecule has 244 valence electrons. The van der Waals surface area contributed by atoms with Gasteiger partial charge in [0.05, 0.1) is 25.1 Å². The number of aliphatic hydroxyl groups is 1. The van der Waals surface area contributed by atoms with Gasteiger partial charge in [-0.3, -0.25) is 24.4 Å². The summed E-state index contributed by atoms with van der Waals surface area (Å²) in [7, 11) is 0.